The number of rotatable bonds is 6. The molecular weight excluding hydrogens is 302 g/mol. The quantitative estimate of drug-likeness (QED) is 0.732. The molecule has 6 heteroatoms. The van der Waals surface area contributed by atoms with Crippen molar-refractivity contribution in [2.75, 3.05) is 6.54 Å². The Morgan fingerprint density at radius 3 is 2.71 bits per heavy atom. The van der Waals surface area contributed by atoms with Crippen molar-refractivity contribution in [3.05, 3.63) is 78.4 Å². The van der Waals surface area contributed by atoms with Crippen LogP contribution in [0.4, 0.5) is 4.79 Å². The van der Waals surface area contributed by atoms with Gasteiger partial charge in [-0.05, 0) is 29.8 Å². The minimum Gasteiger partial charge on any atom is -0.338 e. The first-order chi connectivity index (χ1) is 11.8. The summed E-state index contributed by atoms with van der Waals surface area (Å²) in [5.74, 6) is 0. The number of pyridine rings is 1. The van der Waals surface area contributed by atoms with E-state index < -0.39 is 0 Å². The number of carbonyl (C=O) groups is 1. The van der Waals surface area contributed by atoms with Crippen molar-refractivity contribution in [3.8, 4) is 5.69 Å². The third-order valence-corrected chi connectivity index (χ3v) is 3.51. The number of nitrogens with zero attached hydrogens (tertiary/aromatic N) is 3. The largest absolute Gasteiger partial charge is 0.338 e. The third-order valence-electron chi connectivity index (χ3n) is 3.51. The Labute approximate surface area is 140 Å². The van der Waals surface area contributed by atoms with Crippen LogP contribution in [0.3, 0.4) is 0 Å². The van der Waals surface area contributed by atoms with Gasteiger partial charge in [0.2, 0.25) is 0 Å². The highest BCUT2D eigenvalue weighted by Gasteiger charge is 2.03. The van der Waals surface area contributed by atoms with E-state index in [4.69, 9.17) is 0 Å². The average molecular weight is 321 g/mol. The molecule has 3 rings (SSSR count). The first kappa shape index (κ1) is 15.7. The summed E-state index contributed by atoms with van der Waals surface area (Å²) >= 11 is 0. The Bertz CT molecular complexity index is 770. The fraction of sp³-hybridized carbons (Fsp3) is 0.167. The summed E-state index contributed by atoms with van der Waals surface area (Å²) in [6, 6.07) is 15.5. The molecule has 0 aliphatic carbocycles. The van der Waals surface area contributed by atoms with Crippen LogP contribution in [0.1, 0.15) is 11.3 Å². The van der Waals surface area contributed by atoms with Crippen molar-refractivity contribution in [2.45, 2.75) is 13.0 Å². The smallest absolute Gasteiger partial charge is 0.315 e. The Hall–Kier alpha value is -3.15. The van der Waals surface area contributed by atoms with E-state index in [0.29, 0.717) is 19.5 Å². The number of aromatic nitrogens is 3. The van der Waals surface area contributed by atoms with E-state index in [2.05, 4.69) is 20.7 Å². The molecule has 0 atom stereocenters. The van der Waals surface area contributed by atoms with Crippen LogP contribution in [-0.4, -0.2) is 27.3 Å². The monoisotopic (exact) mass is 321 g/mol. The molecule has 0 spiro atoms. The lowest BCUT2D eigenvalue weighted by Crippen LogP contribution is -2.36. The molecule has 0 aliphatic heterocycles. The average Bonchev–Trinajstić information content (AvgIpc) is 3.11. The number of amides is 2. The molecule has 0 aliphatic rings. The van der Waals surface area contributed by atoms with E-state index in [-0.39, 0.29) is 6.03 Å². The van der Waals surface area contributed by atoms with Crippen molar-refractivity contribution in [2.24, 2.45) is 0 Å². The Morgan fingerprint density at radius 1 is 1.04 bits per heavy atom. The topological polar surface area (TPSA) is 71.8 Å². The maximum atomic E-state index is 11.8. The van der Waals surface area contributed by atoms with Crippen LogP contribution in [0.15, 0.2) is 67.1 Å². The van der Waals surface area contributed by atoms with Crippen molar-refractivity contribution >= 4 is 6.03 Å². The molecule has 2 N–H and O–H groups in total. The van der Waals surface area contributed by atoms with Crippen LogP contribution in [-0.2, 0) is 13.0 Å². The predicted molar refractivity (Wildman–Crippen MR) is 91.7 cm³/mol. The van der Waals surface area contributed by atoms with Crippen LogP contribution in [0.5, 0.6) is 0 Å². The second-order valence-corrected chi connectivity index (χ2v) is 5.31. The minimum absolute atomic E-state index is 0.193. The van der Waals surface area contributed by atoms with Gasteiger partial charge in [0.15, 0.2) is 0 Å². The van der Waals surface area contributed by atoms with E-state index in [9.17, 15) is 4.79 Å². The maximum Gasteiger partial charge on any atom is 0.315 e. The van der Waals surface area contributed by atoms with Gasteiger partial charge in [0.05, 0.1) is 11.4 Å². The molecule has 0 fully saturated rings. The third kappa shape index (κ3) is 4.42. The molecule has 3 aromatic rings. The molecule has 1 aromatic carbocycles. The maximum absolute atomic E-state index is 11.8. The number of carbonyl (C=O) groups excluding carboxylic acids is 1. The zero-order valence-electron chi connectivity index (χ0n) is 13.2. The molecule has 0 unspecified atom stereocenters. The van der Waals surface area contributed by atoms with Gasteiger partial charge in [-0.2, -0.15) is 5.10 Å². The van der Waals surface area contributed by atoms with Gasteiger partial charge in [0.1, 0.15) is 0 Å². The molecule has 24 heavy (non-hydrogen) atoms. The minimum atomic E-state index is -0.193. The van der Waals surface area contributed by atoms with Gasteiger partial charge in [-0.3, -0.25) is 4.98 Å². The standard InChI is InChI=1S/C18H19N5O/c24-18(21-14-15-5-4-10-19-13-15)20-11-8-16-9-12-23(22-16)17-6-2-1-3-7-17/h1-7,9-10,12-13H,8,11,14H2,(H2,20,21,24). The van der Waals surface area contributed by atoms with Crippen LogP contribution in [0.2, 0.25) is 0 Å². The fourth-order valence-corrected chi connectivity index (χ4v) is 2.27. The molecule has 0 saturated heterocycles. The van der Waals surface area contributed by atoms with Crippen molar-refractivity contribution in [1.29, 1.82) is 0 Å². The molecular formula is C18H19N5O. The molecule has 2 heterocycles. The zero-order chi connectivity index (χ0) is 16.6. The van der Waals surface area contributed by atoms with Crippen LogP contribution in [0, 0.1) is 0 Å². The fourth-order valence-electron chi connectivity index (χ4n) is 2.27. The van der Waals surface area contributed by atoms with Crippen molar-refractivity contribution in [3.63, 3.8) is 0 Å². The normalized spacial score (nSPS) is 10.3. The Kier molecular flexibility index (Phi) is 5.19. The van der Waals surface area contributed by atoms with Gasteiger partial charge in [0.25, 0.3) is 0 Å². The van der Waals surface area contributed by atoms with Gasteiger partial charge >= 0.3 is 6.03 Å². The molecule has 0 bridgehead atoms. The van der Waals surface area contributed by atoms with E-state index in [0.717, 1.165) is 16.9 Å². The van der Waals surface area contributed by atoms with Crippen molar-refractivity contribution < 1.29 is 4.79 Å². The molecule has 0 saturated carbocycles. The summed E-state index contributed by atoms with van der Waals surface area (Å²) < 4.78 is 1.83. The second-order valence-electron chi connectivity index (χ2n) is 5.31. The highest BCUT2D eigenvalue weighted by atomic mass is 16.2. The number of benzene rings is 1. The summed E-state index contributed by atoms with van der Waals surface area (Å²) in [5.41, 5.74) is 2.92. The lowest BCUT2D eigenvalue weighted by molar-refractivity contribution is 0.240. The number of hydrogen-bond donors (Lipinski definition) is 2. The van der Waals surface area contributed by atoms with Gasteiger partial charge in [0, 0.05) is 38.1 Å². The highest BCUT2D eigenvalue weighted by Crippen LogP contribution is 2.06. The Balaban J connectivity index is 1.42. The SMILES string of the molecule is O=C(NCCc1ccn(-c2ccccc2)n1)NCc1cccnc1. The number of para-hydroxylation sites is 1. The highest BCUT2D eigenvalue weighted by molar-refractivity contribution is 5.73. The van der Waals surface area contributed by atoms with E-state index in [1.54, 1.807) is 12.4 Å². The lowest BCUT2D eigenvalue weighted by atomic mass is 10.3. The molecule has 2 aromatic heterocycles. The van der Waals surface area contributed by atoms with E-state index >= 15 is 0 Å². The van der Waals surface area contributed by atoms with Gasteiger partial charge in [-0.15, -0.1) is 0 Å². The summed E-state index contributed by atoms with van der Waals surface area (Å²) in [4.78, 5) is 15.8. The summed E-state index contributed by atoms with van der Waals surface area (Å²) in [6.07, 6.45) is 6.04. The van der Waals surface area contributed by atoms with Gasteiger partial charge in [-0.1, -0.05) is 24.3 Å². The summed E-state index contributed by atoms with van der Waals surface area (Å²) in [7, 11) is 0. The molecule has 2 amide bonds. The van der Waals surface area contributed by atoms with Crippen molar-refractivity contribution in [1.82, 2.24) is 25.4 Å². The van der Waals surface area contributed by atoms with Gasteiger partial charge < -0.3 is 10.6 Å². The van der Waals surface area contributed by atoms with Crippen LogP contribution in [0.25, 0.3) is 5.69 Å². The summed E-state index contributed by atoms with van der Waals surface area (Å²) in [5, 5.41) is 10.1. The first-order valence-electron chi connectivity index (χ1n) is 7.82. The van der Waals surface area contributed by atoms with E-state index in [1.807, 2.05) is 59.4 Å². The zero-order valence-corrected chi connectivity index (χ0v) is 13.2. The predicted octanol–water partition coefficient (Wildman–Crippen LogP) is 2.31. The van der Waals surface area contributed by atoms with E-state index in [1.165, 1.54) is 0 Å². The number of urea groups is 1. The summed E-state index contributed by atoms with van der Waals surface area (Å²) in [6.45, 7) is 0.993. The molecule has 6 nitrogen and oxygen atoms in total. The molecule has 122 valence electrons. The number of nitrogens with one attached hydrogen (secondary N) is 2. The van der Waals surface area contributed by atoms with Crippen LogP contribution < -0.4 is 10.6 Å². The Morgan fingerprint density at radius 2 is 1.92 bits per heavy atom. The first-order valence-corrected chi connectivity index (χ1v) is 7.82. The lowest BCUT2D eigenvalue weighted by Gasteiger charge is -2.06. The second kappa shape index (κ2) is 7.92. The molecule has 0 radical (unpaired) electrons. The van der Waals surface area contributed by atoms with Crippen LogP contribution >= 0.6 is 0 Å². The van der Waals surface area contributed by atoms with Gasteiger partial charge in [-0.25, -0.2) is 9.48 Å². The number of hydrogen-bond acceptors (Lipinski definition) is 3.